The van der Waals surface area contributed by atoms with Crippen molar-refractivity contribution in [1.82, 2.24) is 4.90 Å². The highest BCUT2D eigenvalue weighted by Crippen LogP contribution is 2.44. The number of carbonyl (C=O) groups is 2. The van der Waals surface area contributed by atoms with Crippen LogP contribution in [0.5, 0.6) is 0 Å². The molecule has 0 spiro atoms. The fourth-order valence-corrected chi connectivity index (χ4v) is 5.45. The van der Waals surface area contributed by atoms with Gasteiger partial charge in [0.2, 0.25) is 0 Å². The molecule has 1 amide bonds. The standard InChI is InChI=1S/C27H33NO4/c1-3-16-28(25(26(29)30)19-14-12-18(2)13-15-19)27(31)32-17-24-22-10-6-4-8-20(22)21-9-5-7-11-23(21)24/h4-11,18-19,24-25H,3,12-17H2,1-2H3,(H,29,30). The summed E-state index contributed by atoms with van der Waals surface area (Å²) in [6, 6.07) is 15.6. The maximum atomic E-state index is 13.2. The number of ether oxygens (including phenoxy) is 1. The van der Waals surface area contributed by atoms with E-state index in [1.165, 1.54) is 16.0 Å². The van der Waals surface area contributed by atoms with Crippen molar-refractivity contribution >= 4 is 12.1 Å². The van der Waals surface area contributed by atoms with Crippen molar-refractivity contribution in [1.29, 1.82) is 0 Å². The normalized spacial score (nSPS) is 20.8. The van der Waals surface area contributed by atoms with Gasteiger partial charge in [0, 0.05) is 12.5 Å². The molecule has 170 valence electrons. The summed E-state index contributed by atoms with van der Waals surface area (Å²) in [6.45, 7) is 4.77. The lowest BCUT2D eigenvalue weighted by atomic mass is 9.78. The number of carboxylic acid groups (broad SMARTS) is 1. The molecule has 4 rings (SSSR count). The van der Waals surface area contributed by atoms with E-state index in [9.17, 15) is 14.7 Å². The maximum Gasteiger partial charge on any atom is 0.410 e. The first-order valence-electron chi connectivity index (χ1n) is 11.9. The minimum Gasteiger partial charge on any atom is -0.480 e. The quantitative estimate of drug-likeness (QED) is 0.586. The van der Waals surface area contributed by atoms with Crippen LogP contribution in [0.15, 0.2) is 48.5 Å². The lowest BCUT2D eigenvalue weighted by Gasteiger charge is -2.37. The topological polar surface area (TPSA) is 66.8 Å². The van der Waals surface area contributed by atoms with Gasteiger partial charge in [0.25, 0.3) is 0 Å². The third-order valence-electron chi connectivity index (χ3n) is 7.13. The SMILES string of the molecule is CCCN(C(=O)OCC1c2ccccc2-c2ccccc21)C(C(=O)O)C1CCC(C)CC1. The van der Waals surface area contributed by atoms with Crippen LogP contribution >= 0.6 is 0 Å². The molecule has 32 heavy (non-hydrogen) atoms. The van der Waals surface area contributed by atoms with E-state index in [1.54, 1.807) is 0 Å². The molecule has 0 saturated heterocycles. The lowest BCUT2D eigenvalue weighted by Crippen LogP contribution is -2.50. The summed E-state index contributed by atoms with van der Waals surface area (Å²) < 4.78 is 5.82. The van der Waals surface area contributed by atoms with Crippen molar-refractivity contribution < 1.29 is 19.4 Å². The molecule has 1 saturated carbocycles. The predicted octanol–water partition coefficient (Wildman–Crippen LogP) is 5.93. The first-order valence-corrected chi connectivity index (χ1v) is 11.9. The van der Waals surface area contributed by atoms with E-state index in [1.807, 2.05) is 31.2 Å². The Kier molecular flexibility index (Phi) is 6.83. The summed E-state index contributed by atoms with van der Waals surface area (Å²) in [6.07, 6.45) is 3.89. The summed E-state index contributed by atoms with van der Waals surface area (Å²) >= 11 is 0. The van der Waals surface area contributed by atoms with Crippen molar-refractivity contribution in [3.8, 4) is 11.1 Å². The van der Waals surface area contributed by atoms with Crippen LogP contribution in [0.1, 0.15) is 63.0 Å². The Hall–Kier alpha value is -2.82. The molecular weight excluding hydrogens is 402 g/mol. The third kappa shape index (κ3) is 4.38. The Morgan fingerprint density at radius 1 is 1.00 bits per heavy atom. The van der Waals surface area contributed by atoms with Crippen LogP contribution < -0.4 is 0 Å². The number of aliphatic carboxylic acids is 1. The highest BCUT2D eigenvalue weighted by Gasteiger charge is 2.39. The average Bonchev–Trinajstić information content (AvgIpc) is 3.12. The summed E-state index contributed by atoms with van der Waals surface area (Å²) in [7, 11) is 0. The molecule has 5 nitrogen and oxygen atoms in total. The predicted molar refractivity (Wildman–Crippen MR) is 125 cm³/mol. The van der Waals surface area contributed by atoms with Gasteiger partial charge < -0.3 is 9.84 Å². The molecule has 0 heterocycles. The van der Waals surface area contributed by atoms with Gasteiger partial charge >= 0.3 is 12.1 Å². The highest BCUT2D eigenvalue weighted by molar-refractivity contribution is 5.81. The van der Waals surface area contributed by atoms with E-state index in [2.05, 4.69) is 31.2 Å². The minimum atomic E-state index is -0.925. The highest BCUT2D eigenvalue weighted by atomic mass is 16.6. The van der Waals surface area contributed by atoms with E-state index >= 15 is 0 Å². The van der Waals surface area contributed by atoms with Crippen LogP contribution in [-0.2, 0) is 9.53 Å². The van der Waals surface area contributed by atoms with Gasteiger partial charge in [-0.25, -0.2) is 9.59 Å². The van der Waals surface area contributed by atoms with Gasteiger partial charge in [0.15, 0.2) is 0 Å². The van der Waals surface area contributed by atoms with Crippen molar-refractivity contribution in [3.63, 3.8) is 0 Å². The molecular formula is C27H33NO4. The van der Waals surface area contributed by atoms with Gasteiger partial charge in [-0.05, 0) is 53.4 Å². The molecule has 1 atom stereocenters. The zero-order valence-electron chi connectivity index (χ0n) is 19.0. The van der Waals surface area contributed by atoms with Crippen molar-refractivity contribution in [2.45, 2.75) is 57.9 Å². The van der Waals surface area contributed by atoms with E-state index in [4.69, 9.17) is 4.74 Å². The first kappa shape index (κ1) is 22.4. The number of rotatable bonds is 7. The van der Waals surface area contributed by atoms with E-state index < -0.39 is 18.1 Å². The van der Waals surface area contributed by atoms with Crippen LogP contribution in [0, 0.1) is 11.8 Å². The molecule has 0 radical (unpaired) electrons. The largest absolute Gasteiger partial charge is 0.480 e. The second kappa shape index (κ2) is 9.76. The van der Waals surface area contributed by atoms with E-state index in [0.29, 0.717) is 18.9 Å². The third-order valence-corrected chi connectivity index (χ3v) is 7.13. The number of benzene rings is 2. The fourth-order valence-electron chi connectivity index (χ4n) is 5.45. The van der Waals surface area contributed by atoms with Crippen LogP contribution in [0.25, 0.3) is 11.1 Å². The molecule has 5 heteroatoms. The number of hydrogen-bond acceptors (Lipinski definition) is 3. The number of carbonyl (C=O) groups excluding carboxylic acids is 1. The Labute approximate surface area is 190 Å². The molecule has 1 N–H and O–H groups in total. The molecule has 0 aromatic heterocycles. The second-order valence-corrected chi connectivity index (χ2v) is 9.30. The zero-order chi connectivity index (χ0) is 22.7. The maximum absolute atomic E-state index is 13.2. The van der Waals surface area contributed by atoms with Crippen LogP contribution in [0.3, 0.4) is 0 Å². The molecule has 2 aliphatic rings. The number of carboxylic acids is 1. The van der Waals surface area contributed by atoms with Crippen molar-refractivity contribution in [2.75, 3.05) is 13.2 Å². The Balaban J connectivity index is 1.52. The average molecular weight is 436 g/mol. The molecule has 1 fully saturated rings. The number of fused-ring (bicyclic) bond motifs is 3. The molecule has 0 bridgehead atoms. The van der Waals surface area contributed by atoms with Gasteiger partial charge in [-0.2, -0.15) is 0 Å². The van der Waals surface area contributed by atoms with E-state index in [0.717, 1.165) is 36.8 Å². The Morgan fingerprint density at radius 2 is 1.56 bits per heavy atom. The van der Waals surface area contributed by atoms with Gasteiger partial charge in [-0.15, -0.1) is 0 Å². The number of nitrogens with zero attached hydrogens (tertiary/aromatic N) is 1. The number of amides is 1. The summed E-state index contributed by atoms with van der Waals surface area (Å²) in [5.41, 5.74) is 4.66. The fraction of sp³-hybridized carbons (Fsp3) is 0.481. The minimum absolute atomic E-state index is 0.0178. The van der Waals surface area contributed by atoms with Gasteiger partial charge in [0.05, 0.1) is 0 Å². The van der Waals surface area contributed by atoms with Gasteiger partial charge in [0.1, 0.15) is 12.6 Å². The van der Waals surface area contributed by atoms with Gasteiger partial charge in [-0.3, -0.25) is 4.90 Å². The number of hydrogen-bond donors (Lipinski definition) is 1. The Bertz CT molecular complexity index is 918. The summed E-state index contributed by atoms with van der Waals surface area (Å²) in [4.78, 5) is 26.9. The van der Waals surface area contributed by atoms with Crippen LogP contribution in [-0.4, -0.2) is 41.3 Å². The zero-order valence-corrected chi connectivity index (χ0v) is 19.0. The van der Waals surface area contributed by atoms with Gasteiger partial charge in [-0.1, -0.05) is 75.2 Å². The summed E-state index contributed by atoms with van der Waals surface area (Å²) in [5.74, 6) is -0.356. The van der Waals surface area contributed by atoms with Crippen molar-refractivity contribution in [3.05, 3.63) is 59.7 Å². The summed E-state index contributed by atoms with van der Waals surface area (Å²) in [5, 5.41) is 10.0. The van der Waals surface area contributed by atoms with Crippen molar-refractivity contribution in [2.24, 2.45) is 11.8 Å². The molecule has 0 aliphatic heterocycles. The van der Waals surface area contributed by atoms with Crippen LogP contribution in [0.4, 0.5) is 4.79 Å². The van der Waals surface area contributed by atoms with E-state index in [-0.39, 0.29) is 18.4 Å². The monoisotopic (exact) mass is 435 g/mol. The van der Waals surface area contributed by atoms with Crippen LogP contribution in [0.2, 0.25) is 0 Å². The molecule has 2 aromatic rings. The molecule has 2 aliphatic carbocycles. The molecule has 1 unspecified atom stereocenters. The smallest absolute Gasteiger partial charge is 0.410 e. The molecule has 2 aromatic carbocycles. The first-order chi connectivity index (χ1) is 15.5. The lowest BCUT2D eigenvalue weighted by molar-refractivity contribution is -0.145. The second-order valence-electron chi connectivity index (χ2n) is 9.30. The Morgan fingerprint density at radius 3 is 2.09 bits per heavy atom.